The minimum absolute atomic E-state index is 0.0820. The summed E-state index contributed by atoms with van der Waals surface area (Å²) in [4.78, 5) is 27.5. The molecule has 0 aliphatic carbocycles. The van der Waals surface area contributed by atoms with Gasteiger partial charge in [0.05, 0.1) is 5.39 Å². The van der Waals surface area contributed by atoms with Crippen LogP contribution in [0.3, 0.4) is 0 Å². The molecule has 2 N–H and O–H groups in total. The van der Waals surface area contributed by atoms with Gasteiger partial charge in [-0.1, -0.05) is 38.0 Å². The fourth-order valence-corrected chi connectivity index (χ4v) is 4.39. The first-order valence-electron chi connectivity index (χ1n) is 9.86. The van der Waals surface area contributed by atoms with Crippen LogP contribution < -0.4 is 16.4 Å². The number of rotatable bonds is 4. The van der Waals surface area contributed by atoms with Gasteiger partial charge < -0.3 is 4.90 Å². The number of nitrogens with one attached hydrogen (secondary N) is 2. The van der Waals surface area contributed by atoms with Crippen molar-refractivity contribution >= 4 is 16.7 Å². The molecule has 2 saturated heterocycles. The van der Waals surface area contributed by atoms with Crippen molar-refractivity contribution in [1.29, 1.82) is 0 Å². The van der Waals surface area contributed by atoms with Gasteiger partial charge in [0.1, 0.15) is 0 Å². The Bertz CT molecular complexity index is 909. The Balaban J connectivity index is 1.61. The Morgan fingerprint density at radius 1 is 1.26 bits per heavy atom. The van der Waals surface area contributed by atoms with Crippen LogP contribution in [-0.2, 0) is 7.05 Å². The third-order valence-corrected chi connectivity index (χ3v) is 5.94. The maximum atomic E-state index is 13.3. The highest BCUT2D eigenvalue weighted by Gasteiger charge is 2.41. The normalized spacial score (nSPS) is 25.0. The van der Waals surface area contributed by atoms with Crippen LogP contribution in [0.2, 0.25) is 0 Å². The number of unbranched alkanes of at least 4 members (excludes halogenated alkanes) is 1. The summed E-state index contributed by atoms with van der Waals surface area (Å²) in [7, 11) is 1.60. The minimum Gasteiger partial charge on any atom is -0.337 e. The number of benzene rings is 1. The van der Waals surface area contributed by atoms with E-state index >= 15 is 0 Å². The fraction of sp³-hybridized carbons (Fsp3) is 0.550. The van der Waals surface area contributed by atoms with E-state index in [9.17, 15) is 9.59 Å². The standard InChI is InChI=1S/C20H27N5O2/c1-3-4-9-16-15-12-25(11-10-17(15)22-21-16)20(27)18-13-7-5-6-8-14(13)19(26)24(2)23-18/h5-8,15-17,21-22H,3-4,9-12H2,1-2H3. The lowest BCUT2D eigenvalue weighted by Crippen LogP contribution is -2.49. The Morgan fingerprint density at radius 2 is 2.04 bits per heavy atom. The summed E-state index contributed by atoms with van der Waals surface area (Å²) in [6.07, 6.45) is 4.40. The molecule has 3 atom stereocenters. The second-order valence-electron chi connectivity index (χ2n) is 7.67. The van der Waals surface area contributed by atoms with Crippen LogP contribution in [0.25, 0.3) is 10.8 Å². The van der Waals surface area contributed by atoms with E-state index in [1.54, 1.807) is 13.1 Å². The highest BCUT2D eigenvalue weighted by molar-refractivity contribution is 6.04. The molecule has 4 rings (SSSR count). The molecular weight excluding hydrogens is 342 g/mol. The molecule has 2 fully saturated rings. The van der Waals surface area contributed by atoms with Crippen molar-refractivity contribution in [3.05, 3.63) is 40.3 Å². The number of aromatic nitrogens is 2. The van der Waals surface area contributed by atoms with Crippen LogP contribution in [0.5, 0.6) is 0 Å². The third-order valence-electron chi connectivity index (χ3n) is 5.94. The lowest BCUT2D eigenvalue weighted by atomic mass is 9.86. The maximum absolute atomic E-state index is 13.3. The van der Waals surface area contributed by atoms with Crippen molar-refractivity contribution in [3.8, 4) is 0 Å². The Labute approximate surface area is 158 Å². The second kappa shape index (κ2) is 7.40. The number of carbonyl (C=O) groups excluding carboxylic acids is 1. The van der Waals surface area contributed by atoms with Crippen molar-refractivity contribution in [2.45, 2.75) is 44.7 Å². The molecule has 2 aliphatic rings. The van der Waals surface area contributed by atoms with Gasteiger partial charge in [-0.3, -0.25) is 20.4 Å². The molecule has 0 saturated carbocycles. The molecule has 3 unspecified atom stereocenters. The molecule has 144 valence electrons. The Kier molecular flexibility index (Phi) is 4.97. The maximum Gasteiger partial charge on any atom is 0.274 e. The quantitative estimate of drug-likeness (QED) is 0.852. The smallest absolute Gasteiger partial charge is 0.274 e. The zero-order chi connectivity index (χ0) is 19.0. The van der Waals surface area contributed by atoms with Gasteiger partial charge in [0.2, 0.25) is 0 Å². The number of hydrazine groups is 1. The van der Waals surface area contributed by atoms with Gasteiger partial charge in [-0.2, -0.15) is 5.10 Å². The van der Waals surface area contributed by atoms with E-state index in [2.05, 4.69) is 22.9 Å². The van der Waals surface area contributed by atoms with E-state index in [1.807, 2.05) is 23.1 Å². The molecule has 3 heterocycles. The summed E-state index contributed by atoms with van der Waals surface area (Å²) in [6.45, 7) is 3.62. The number of hydrogen-bond donors (Lipinski definition) is 2. The molecule has 7 nitrogen and oxygen atoms in total. The van der Waals surface area contributed by atoms with E-state index in [-0.39, 0.29) is 11.5 Å². The van der Waals surface area contributed by atoms with E-state index < -0.39 is 0 Å². The molecule has 7 heteroatoms. The van der Waals surface area contributed by atoms with E-state index in [0.29, 0.717) is 41.0 Å². The van der Waals surface area contributed by atoms with E-state index in [1.165, 1.54) is 17.5 Å². The van der Waals surface area contributed by atoms with Crippen LogP contribution in [0, 0.1) is 5.92 Å². The molecule has 0 bridgehead atoms. The average Bonchev–Trinajstić information content (AvgIpc) is 3.10. The van der Waals surface area contributed by atoms with Crippen molar-refractivity contribution in [2.75, 3.05) is 13.1 Å². The zero-order valence-electron chi connectivity index (χ0n) is 15.9. The van der Waals surface area contributed by atoms with Crippen LogP contribution in [0.4, 0.5) is 0 Å². The van der Waals surface area contributed by atoms with Crippen LogP contribution in [0.15, 0.2) is 29.1 Å². The van der Waals surface area contributed by atoms with Crippen LogP contribution in [0.1, 0.15) is 43.1 Å². The topological polar surface area (TPSA) is 79.3 Å². The van der Waals surface area contributed by atoms with Crippen molar-refractivity contribution < 1.29 is 4.79 Å². The lowest BCUT2D eigenvalue weighted by Gasteiger charge is -2.36. The van der Waals surface area contributed by atoms with Crippen molar-refractivity contribution in [3.63, 3.8) is 0 Å². The summed E-state index contributed by atoms with van der Waals surface area (Å²) >= 11 is 0. The second-order valence-corrected chi connectivity index (χ2v) is 7.67. The lowest BCUT2D eigenvalue weighted by molar-refractivity contribution is 0.0644. The van der Waals surface area contributed by atoms with Gasteiger partial charge in [-0.05, 0) is 18.9 Å². The summed E-state index contributed by atoms with van der Waals surface area (Å²) in [6, 6.07) is 8.05. The highest BCUT2D eigenvalue weighted by atomic mass is 16.2. The van der Waals surface area contributed by atoms with Gasteiger partial charge in [0, 0.05) is 43.5 Å². The number of nitrogens with zero attached hydrogens (tertiary/aromatic N) is 3. The summed E-state index contributed by atoms with van der Waals surface area (Å²) in [5.74, 6) is 0.328. The first-order chi connectivity index (χ1) is 13.1. The van der Waals surface area contributed by atoms with Gasteiger partial charge in [0.15, 0.2) is 5.69 Å². The molecule has 1 aromatic heterocycles. The molecule has 27 heavy (non-hydrogen) atoms. The average molecular weight is 369 g/mol. The van der Waals surface area contributed by atoms with Gasteiger partial charge >= 0.3 is 0 Å². The summed E-state index contributed by atoms with van der Waals surface area (Å²) in [5.41, 5.74) is 7.04. The zero-order valence-corrected chi connectivity index (χ0v) is 15.9. The molecule has 0 spiro atoms. The van der Waals surface area contributed by atoms with E-state index in [4.69, 9.17) is 0 Å². The van der Waals surface area contributed by atoms with Crippen molar-refractivity contribution in [1.82, 2.24) is 25.5 Å². The number of likely N-dealkylation sites (tertiary alicyclic amines) is 1. The Hall–Kier alpha value is -2.25. The fourth-order valence-electron chi connectivity index (χ4n) is 4.39. The van der Waals surface area contributed by atoms with Gasteiger partial charge in [-0.25, -0.2) is 4.68 Å². The molecule has 1 aromatic carbocycles. The third kappa shape index (κ3) is 3.26. The Morgan fingerprint density at radius 3 is 2.81 bits per heavy atom. The number of carbonyl (C=O) groups is 1. The van der Waals surface area contributed by atoms with Crippen LogP contribution >= 0.6 is 0 Å². The molecular formula is C20H27N5O2. The predicted octanol–water partition coefficient (Wildman–Crippen LogP) is 1.43. The number of aryl methyl sites for hydroxylation is 1. The number of piperidine rings is 1. The highest BCUT2D eigenvalue weighted by Crippen LogP contribution is 2.28. The monoisotopic (exact) mass is 369 g/mol. The summed E-state index contributed by atoms with van der Waals surface area (Å²) in [5, 5.41) is 5.49. The SMILES string of the molecule is CCCCC1NNC2CCN(C(=O)c3nn(C)c(=O)c4ccccc34)CC12. The number of hydrogen-bond acceptors (Lipinski definition) is 5. The van der Waals surface area contributed by atoms with Crippen LogP contribution in [-0.4, -0.2) is 45.8 Å². The molecule has 2 aromatic rings. The minimum atomic E-state index is -0.176. The summed E-state index contributed by atoms with van der Waals surface area (Å²) < 4.78 is 1.27. The number of fused-ring (bicyclic) bond motifs is 2. The van der Waals surface area contributed by atoms with Crippen molar-refractivity contribution in [2.24, 2.45) is 13.0 Å². The van der Waals surface area contributed by atoms with Gasteiger partial charge in [0.25, 0.3) is 11.5 Å². The predicted molar refractivity (Wildman–Crippen MR) is 104 cm³/mol. The first kappa shape index (κ1) is 18.1. The van der Waals surface area contributed by atoms with E-state index in [0.717, 1.165) is 19.4 Å². The number of amides is 1. The largest absolute Gasteiger partial charge is 0.337 e. The molecule has 1 amide bonds. The van der Waals surface area contributed by atoms with Gasteiger partial charge in [-0.15, -0.1) is 0 Å². The molecule has 2 aliphatic heterocycles. The molecule has 0 radical (unpaired) electrons. The first-order valence-corrected chi connectivity index (χ1v) is 9.86.